The fourth-order valence-electron chi connectivity index (χ4n) is 3.24. The highest BCUT2D eigenvalue weighted by Gasteiger charge is 2.28. The maximum atomic E-state index is 13.0. The maximum absolute atomic E-state index is 13.0. The number of fused-ring (bicyclic) bond motifs is 1. The molecule has 1 aliphatic rings. The van der Waals surface area contributed by atoms with E-state index in [1.165, 1.54) is 7.11 Å². The molecule has 1 heterocycles. The van der Waals surface area contributed by atoms with Crippen LogP contribution in [0.25, 0.3) is 0 Å². The molecule has 0 bridgehead atoms. The first kappa shape index (κ1) is 20.6. The summed E-state index contributed by atoms with van der Waals surface area (Å²) in [5, 5.41) is 0.559. The second-order valence-electron chi connectivity index (χ2n) is 6.46. The van der Waals surface area contributed by atoms with E-state index in [4.69, 9.17) is 22.1 Å². The minimum absolute atomic E-state index is 0.171. The number of rotatable bonds is 4. The molecular formula is C20H20BrClN2O4. The van der Waals surface area contributed by atoms with Gasteiger partial charge in [0.05, 0.1) is 23.9 Å². The number of methoxy groups -OCH3 is 1. The molecule has 0 saturated heterocycles. The Kier molecular flexibility index (Phi) is 6.59. The molecule has 0 aliphatic carbocycles. The third kappa shape index (κ3) is 4.48. The first-order valence-electron chi connectivity index (χ1n) is 8.79. The lowest BCUT2D eigenvalue weighted by atomic mass is 9.99. The largest absolute Gasteiger partial charge is 0.513 e. The van der Waals surface area contributed by atoms with Gasteiger partial charge in [-0.05, 0) is 48.6 Å². The quantitative estimate of drug-likeness (QED) is 0.541. The van der Waals surface area contributed by atoms with Gasteiger partial charge in [-0.3, -0.25) is 4.79 Å². The molecule has 0 fully saturated rings. The number of anilines is 1. The SMILES string of the molecule is COC(=O)Oc1ccc(C[C@H](N)C(=O)N2CCCc3cccc(Cl)c32)c(Br)c1. The van der Waals surface area contributed by atoms with Gasteiger partial charge >= 0.3 is 6.16 Å². The summed E-state index contributed by atoms with van der Waals surface area (Å²) in [7, 11) is 1.24. The summed E-state index contributed by atoms with van der Waals surface area (Å²) in [6, 6.07) is 9.96. The molecule has 0 unspecified atom stereocenters. The van der Waals surface area contributed by atoms with Crippen molar-refractivity contribution in [1.82, 2.24) is 0 Å². The summed E-state index contributed by atoms with van der Waals surface area (Å²) >= 11 is 9.78. The Balaban J connectivity index is 1.75. The van der Waals surface area contributed by atoms with Crippen molar-refractivity contribution < 1.29 is 19.1 Å². The Morgan fingerprint density at radius 1 is 1.32 bits per heavy atom. The number of ether oxygens (including phenoxy) is 2. The van der Waals surface area contributed by atoms with Crippen LogP contribution in [0.2, 0.25) is 5.02 Å². The Labute approximate surface area is 176 Å². The molecule has 2 aromatic rings. The average molecular weight is 468 g/mol. The fourth-order valence-corrected chi connectivity index (χ4v) is 4.06. The Morgan fingerprint density at radius 3 is 2.82 bits per heavy atom. The third-order valence-electron chi connectivity index (χ3n) is 4.58. The minimum Gasteiger partial charge on any atom is -0.437 e. The van der Waals surface area contributed by atoms with Crippen molar-refractivity contribution in [2.45, 2.75) is 25.3 Å². The van der Waals surface area contributed by atoms with Crippen LogP contribution in [0, 0.1) is 0 Å². The molecule has 1 amide bonds. The lowest BCUT2D eigenvalue weighted by molar-refractivity contribution is -0.119. The number of hydrogen-bond acceptors (Lipinski definition) is 5. The van der Waals surface area contributed by atoms with Crippen LogP contribution in [0.15, 0.2) is 40.9 Å². The van der Waals surface area contributed by atoms with Gasteiger partial charge in [-0.1, -0.05) is 45.7 Å². The van der Waals surface area contributed by atoms with Gasteiger partial charge in [0, 0.05) is 11.0 Å². The summed E-state index contributed by atoms with van der Waals surface area (Å²) in [6.45, 7) is 0.594. The molecule has 3 rings (SSSR count). The van der Waals surface area contributed by atoms with E-state index in [1.54, 1.807) is 29.2 Å². The molecule has 8 heteroatoms. The highest BCUT2D eigenvalue weighted by molar-refractivity contribution is 9.10. The summed E-state index contributed by atoms with van der Waals surface area (Å²) in [5.41, 5.74) is 8.89. The number of para-hydroxylation sites is 1. The van der Waals surface area contributed by atoms with Crippen molar-refractivity contribution in [1.29, 1.82) is 0 Å². The van der Waals surface area contributed by atoms with E-state index in [0.717, 1.165) is 29.7 Å². The number of carbonyl (C=O) groups excluding carboxylic acids is 2. The minimum atomic E-state index is -0.799. The van der Waals surface area contributed by atoms with Crippen LogP contribution in [0.3, 0.4) is 0 Å². The van der Waals surface area contributed by atoms with E-state index < -0.39 is 12.2 Å². The molecule has 0 radical (unpaired) electrons. The van der Waals surface area contributed by atoms with Gasteiger partial charge in [0.25, 0.3) is 0 Å². The van der Waals surface area contributed by atoms with Gasteiger partial charge in [0.15, 0.2) is 0 Å². The Hall–Kier alpha value is -2.09. The van der Waals surface area contributed by atoms with Crippen LogP contribution in [0.1, 0.15) is 17.5 Å². The molecular weight excluding hydrogens is 448 g/mol. The molecule has 148 valence electrons. The number of nitrogens with two attached hydrogens (primary N) is 1. The molecule has 0 aromatic heterocycles. The van der Waals surface area contributed by atoms with Crippen LogP contribution in [0.4, 0.5) is 10.5 Å². The van der Waals surface area contributed by atoms with Crippen LogP contribution < -0.4 is 15.4 Å². The van der Waals surface area contributed by atoms with Gasteiger partial charge < -0.3 is 20.1 Å². The molecule has 2 aromatic carbocycles. The predicted molar refractivity (Wildman–Crippen MR) is 111 cm³/mol. The third-order valence-corrected chi connectivity index (χ3v) is 5.63. The van der Waals surface area contributed by atoms with Gasteiger partial charge in [-0.15, -0.1) is 0 Å². The predicted octanol–water partition coefficient (Wildman–Crippen LogP) is 4.10. The second-order valence-corrected chi connectivity index (χ2v) is 7.72. The number of nitrogens with zero attached hydrogens (tertiary/aromatic N) is 1. The van der Waals surface area contributed by atoms with Crippen LogP contribution in [-0.4, -0.2) is 31.8 Å². The van der Waals surface area contributed by atoms with Crippen molar-refractivity contribution >= 4 is 45.3 Å². The molecule has 28 heavy (non-hydrogen) atoms. The molecule has 0 saturated carbocycles. The number of benzene rings is 2. The number of amides is 1. The zero-order valence-corrected chi connectivity index (χ0v) is 17.6. The van der Waals surface area contributed by atoms with Crippen molar-refractivity contribution in [3.63, 3.8) is 0 Å². The van der Waals surface area contributed by atoms with E-state index >= 15 is 0 Å². The lowest BCUT2D eigenvalue weighted by Gasteiger charge is -2.32. The van der Waals surface area contributed by atoms with Crippen LogP contribution >= 0.6 is 27.5 Å². The number of carbonyl (C=O) groups is 2. The van der Waals surface area contributed by atoms with E-state index in [9.17, 15) is 9.59 Å². The molecule has 1 atom stereocenters. The monoisotopic (exact) mass is 466 g/mol. The Morgan fingerprint density at radius 2 is 2.11 bits per heavy atom. The zero-order chi connectivity index (χ0) is 20.3. The van der Waals surface area contributed by atoms with Crippen molar-refractivity contribution in [3.8, 4) is 5.75 Å². The summed E-state index contributed by atoms with van der Waals surface area (Å²) in [4.78, 5) is 25.9. The van der Waals surface area contributed by atoms with Crippen molar-refractivity contribution in [3.05, 3.63) is 57.0 Å². The highest BCUT2D eigenvalue weighted by atomic mass is 79.9. The van der Waals surface area contributed by atoms with Crippen LogP contribution in [0.5, 0.6) is 5.75 Å². The zero-order valence-electron chi connectivity index (χ0n) is 15.3. The van der Waals surface area contributed by atoms with E-state index in [2.05, 4.69) is 20.7 Å². The summed E-state index contributed by atoms with van der Waals surface area (Å²) in [6.07, 6.45) is 1.29. The Bertz CT molecular complexity index is 906. The van der Waals surface area contributed by atoms with Crippen LogP contribution in [-0.2, 0) is 22.4 Å². The van der Waals surface area contributed by atoms with Gasteiger partial charge in [-0.2, -0.15) is 0 Å². The smallest absolute Gasteiger partial charge is 0.437 e. The summed E-state index contributed by atoms with van der Waals surface area (Å²) in [5.74, 6) is 0.162. The first-order valence-corrected chi connectivity index (χ1v) is 9.96. The lowest BCUT2D eigenvalue weighted by Crippen LogP contribution is -2.47. The maximum Gasteiger partial charge on any atom is 0.513 e. The molecule has 6 nitrogen and oxygen atoms in total. The first-order chi connectivity index (χ1) is 13.4. The molecule has 1 aliphatic heterocycles. The van der Waals surface area contributed by atoms with E-state index in [1.807, 2.05) is 12.1 Å². The van der Waals surface area contributed by atoms with E-state index in [0.29, 0.717) is 28.2 Å². The summed E-state index contributed by atoms with van der Waals surface area (Å²) < 4.78 is 10.1. The topological polar surface area (TPSA) is 81.9 Å². The second kappa shape index (κ2) is 8.94. The number of hydrogen-bond donors (Lipinski definition) is 1. The molecule has 0 spiro atoms. The highest BCUT2D eigenvalue weighted by Crippen LogP contribution is 2.34. The van der Waals surface area contributed by atoms with Gasteiger partial charge in [-0.25, -0.2) is 4.79 Å². The number of aryl methyl sites for hydroxylation is 1. The molecule has 2 N–H and O–H groups in total. The number of halogens is 2. The van der Waals surface area contributed by atoms with Crippen molar-refractivity contribution in [2.24, 2.45) is 5.73 Å². The fraction of sp³-hybridized carbons (Fsp3) is 0.300. The van der Waals surface area contributed by atoms with E-state index in [-0.39, 0.29) is 5.91 Å². The van der Waals surface area contributed by atoms with Gasteiger partial charge in [0.1, 0.15) is 5.75 Å². The standard InChI is InChI=1S/C20H20BrClN2O4/c1-27-20(26)28-14-8-7-13(15(21)11-14)10-17(23)19(25)24-9-3-5-12-4-2-6-16(22)18(12)24/h2,4,6-8,11,17H,3,5,9-10,23H2,1H3/t17-/m0/s1. The van der Waals surface area contributed by atoms with Gasteiger partial charge in [0.2, 0.25) is 5.91 Å². The van der Waals surface area contributed by atoms with Crippen molar-refractivity contribution in [2.75, 3.05) is 18.6 Å². The average Bonchev–Trinajstić information content (AvgIpc) is 2.69. The normalized spacial score (nSPS) is 14.2.